The first kappa shape index (κ1) is 13.5. The summed E-state index contributed by atoms with van der Waals surface area (Å²) in [5.41, 5.74) is -0.769. The molecule has 2 aromatic carbocycles. The lowest BCUT2D eigenvalue weighted by molar-refractivity contribution is -0.140. The highest BCUT2D eigenvalue weighted by Crippen LogP contribution is 2.33. The normalized spacial score (nSPS) is 13.3. The number of rotatable bonds is 2. The van der Waals surface area contributed by atoms with Gasteiger partial charge >= 0.3 is 6.18 Å². The Morgan fingerprint density at radius 1 is 0.895 bits per heavy atom. The largest absolute Gasteiger partial charge is 0.419 e. The molecule has 2 rings (SSSR count). The van der Waals surface area contributed by atoms with Gasteiger partial charge in [0.25, 0.3) is 0 Å². The molecular formula is C14H10F4O. The third-order valence-electron chi connectivity index (χ3n) is 2.73. The molecule has 1 nitrogen and oxygen atoms in total. The topological polar surface area (TPSA) is 20.2 Å². The summed E-state index contributed by atoms with van der Waals surface area (Å²) in [6, 6.07) is 10.7. The number of aliphatic hydroxyl groups excluding tert-OH is 1. The van der Waals surface area contributed by atoms with Gasteiger partial charge in [0, 0.05) is 0 Å². The van der Waals surface area contributed by atoms with Crippen molar-refractivity contribution in [1.82, 2.24) is 0 Å². The standard InChI is InChI=1S/C14H10F4O/c15-12-8-10(6-7-11(12)14(16,17)18)13(19)9-4-2-1-3-5-9/h1-8,13,19H. The summed E-state index contributed by atoms with van der Waals surface area (Å²) in [7, 11) is 0. The highest BCUT2D eigenvalue weighted by Gasteiger charge is 2.34. The Balaban J connectivity index is 2.35. The van der Waals surface area contributed by atoms with Gasteiger partial charge in [-0.15, -0.1) is 0 Å². The minimum absolute atomic E-state index is 0.0803. The Kier molecular flexibility index (Phi) is 3.57. The van der Waals surface area contributed by atoms with Gasteiger partial charge in [0.15, 0.2) is 0 Å². The van der Waals surface area contributed by atoms with Gasteiger partial charge in [0.05, 0.1) is 5.56 Å². The first-order chi connectivity index (χ1) is 8.89. The molecule has 19 heavy (non-hydrogen) atoms. The molecule has 0 amide bonds. The van der Waals surface area contributed by atoms with Crippen molar-refractivity contribution in [1.29, 1.82) is 0 Å². The van der Waals surface area contributed by atoms with Crippen LogP contribution >= 0.6 is 0 Å². The third kappa shape index (κ3) is 2.93. The van der Waals surface area contributed by atoms with E-state index in [4.69, 9.17) is 0 Å². The highest BCUT2D eigenvalue weighted by molar-refractivity contribution is 5.33. The maximum atomic E-state index is 13.4. The molecule has 0 saturated heterocycles. The van der Waals surface area contributed by atoms with Crippen LogP contribution in [-0.4, -0.2) is 5.11 Å². The van der Waals surface area contributed by atoms with Crippen LogP contribution in [-0.2, 0) is 6.18 Å². The highest BCUT2D eigenvalue weighted by atomic mass is 19.4. The van der Waals surface area contributed by atoms with E-state index in [1.165, 1.54) is 0 Å². The summed E-state index contributed by atoms with van der Waals surface area (Å²) >= 11 is 0. The fourth-order valence-corrected chi connectivity index (χ4v) is 1.76. The van der Waals surface area contributed by atoms with Crippen molar-refractivity contribution in [2.24, 2.45) is 0 Å². The van der Waals surface area contributed by atoms with E-state index < -0.39 is 23.7 Å². The molecule has 0 bridgehead atoms. The second kappa shape index (κ2) is 5.01. The molecule has 0 spiro atoms. The molecule has 0 aliphatic rings. The number of benzene rings is 2. The molecule has 0 aromatic heterocycles. The van der Waals surface area contributed by atoms with E-state index in [1.807, 2.05) is 0 Å². The van der Waals surface area contributed by atoms with E-state index >= 15 is 0 Å². The molecular weight excluding hydrogens is 260 g/mol. The molecule has 2 aromatic rings. The number of halogens is 4. The Labute approximate surface area is 107 Å². The quantitative estimate of drug-likeness (QED) is 0.820. The molecule has 0 radical (unpaired) electrons. The molecule has 1 atom stereocenters. The zero-order valence-corrected chi connectivity index (χ0v) is 9.66. The van der Waals surface area contributed by atoms with E-state index in [-0.39, 0.29) is 5.56 Å². The van der Waals surface area contributed by atoms with Gasteiger partial charge in [0.1, 0.15) is 11.9 Å². The van der Waals surface area contributed by atoms with Gasteiger partial charge < -0.3 is 5.11 Å². The lowest BCUT2D eigenvalue weighted by Gasteiger charge is -2.14. The van der Waals surface area contributed by atoms with Gasteiger partial charge in [-0.2, -0.15) is 13.2 Å². The maximum Gasteiger partial charge on any atom is 0.419 e. The van der Waals surface area contributed by atoms with Crippen LogP contribution in [0.4, 0.5) is 17.6 Å². The predicted molar refractivity (Wildman–Crippen MR) is 61.9 cm³/mol. The Morgan fingerprint density at radius 3 is 2.05 bits per heavy atom. The molecule has 100 valence electrons. The van der Waals surface area contributed by atoms with Crippen LogP contribution in [0.1, 0.15) is 22.8 Å². The van der Waals surface area contributed by atoms with Crippen molar-refractivity contribution in [2.45, 2.75) is 12.3 Å². The van der Waals surface area contributed by atoms with Crippen LogP contribution in [0.25, 0.3) is 0 Å². The van der Waals surface area contributed by atoms with E-state index in [0.717, 1.165) is 6.07 Å². The Bertz CT molecular complexity index is 563. The molecule has 1 N–H and O–H groups in total. The zero-order valence-electron chi connectivity index (χ0n) is 9.66. The molecule has 5 heteroatoms. The van der Waals surface area contributed by atoms with E-state index in [9.17, 15) is 22.7 Å². The van der Waals surface area contributed by atoms with E-state index in [1.54, 1.807) is 30.3 Å². The van der Waals surface area contributed by atoms with Gasteiger partial charge in [0.2, 0.25) is 0 Å². The van der Waals surface area contributed by atoms with E-state index in [0.29, 0.717) is 17.7 Å². The summed E-state index contributed by atoms with van der Waals surface area (Å²) in [6.07, 6.45) is -5.89. The third-order valence-corrected chi connectivity index (χ3v) is 2.73. The van der Waals surface area contributed by atoms with Crippen molar-refractivity contribution >= 4 is 0 Å². The Hall–Kier alpha value is -1.88. The summed E-state index contributed by atoms with van der Waals surface area (Å²) in [6.45, 7) is 0. The van der Waals surface area contributed by atoms with Crippen LogP contribution in [0.3, 0.4) is 0 Å². The summed E-state index contributed by atoms with van der Waals surface area (Å²) in [5.74, 6) is -1.39. The van der Waals surface area contributed by atoms with Gasteiger partial charge in [-0.05, 0) is 23.3 Å². The van der Waals surface area contributed by atoms with Crippen molar-refractivity contribution in [3.05, 3.63) is 71.0 Å². The first-order valence-electron chi connectivity index (χ1n) is 5.49. The van der Waals surface area contributed by atoms with Gasteiger partial charge in [-0.1, -0.05) is 36.4 Å². The van der Waals surface area contributed by atoms with Crippen molar-refractivity contribution < 1.29 is 22.7 Å². The summed E-state index contributed by atoms with van der Waals surface area (Å²) in [5, 5.41) is 9.96. The number of hydrogen-bond acceptors (Lipinski definition) is 1. The van der Waals surface area contributed by atoms with Crippen LogP contribution in [0.5, 0.6) is 0 Å². The van der Waals surface area contributed by atoms with Gasteiger partial charge in [-0.25, -0.2) is 4.39 Å². The fourth-order valence-electron chi connectivity index (χ4n) is 1.76. The molecule has 1 unspecified atom stereocenters. The fraction of sp³-hybridized carbons (Fsp3) is 0.143. The predicted octanol–water partition coefficient (Wildman–Crippen LogP) is 3.93. The van der Waals surface area contributed by atoms with Crippen LogP contribution < -0.4 is 0 Å². The number of aliphatic hydroxyl groups is 1. The SMILES string of the molecule is OC(c1ccccc1)c1ccc(C(F)(F)F)c(F)c1. The lowest BCUT2D eigenvalue weighted by atomic mass is 10.00. The summed E-state index contributed by atoms with van der Waals surface area (Å²) < 4.78 is 50.6. The number of hydrogen-bond donors (Lipinski definition) is 1. The molecule has 0 aliphatic heterocycles. The average molecular weight is 270 g/mol. The lowest BCUT2D eigenvalue weighted by Crippen LogP contribution is -2.09. The number of alkyl halides is 3. The van der Waals surface area contributed by atoms with Crippen LogP contribution in [0.2, 0.25) is 0 Å². The first-order valence-corrected chi connectivity index (χ1v) is 5.49. The van der Waals surface area contributed by atoms with Crippen LogP contribution in [0, 0.1) is 5.82 Å². The van der Waals surface area contributed by atoms with Crippen molar-refractivity contribution in [3.8, 4) is 0 Å². The van der Waals surface area contributed by atoms with Crippen molar-refractivity contribution in [2.75, 3.05) is 0 Å². The Morgan fingerprint density at radius 2 is 1.53 bits per heavy atom. The van der Waals surface area contributed by atoms with Gasteiger partial charge in [-0.3, -0.25) is 0 Å². The maximum absolute atomic E-state index is 13.4. The molecule has 0 saturated carbocycles. The molecule has 0 heterocycles. The monoisotopic (exact) mass is 270 g/mol. The summed E-state index contributed by atoms with van der Waals surface area (Å²) in [4.78, 5) is 0. The minimum atomic E-state index is -4.74. The smallest absolute Gasteiger partial charge is 0.384 e. The van der Waals surface area contributed by atoms with Crippen LogP contribution in [0.15, 0.2) is 48.5 Å². The second-order valence-electron chi connectivity index (χ2n) is 4.05. The zero-order chi connectivity index (χ0) is 14.0. The average Bonchev–Trinajstić information content (AvgIpc) is 2.37. The van der Waals surface area contributed by atoms with Crippen molar-refractivity contribution in [3.63, 3.8) is 0 Å². The molecule has 0 fully saturated rings. The molecule has 0 aliphatic carbocycles. The minimum Gasteiger partial charge on any atom is -0.384 e. The van der Waals surface area contributed by atoms with E-state index in [2.05, 4.69) is 0 Å². The second-order valence-corrected chi connectivity index (χ2v) is 4.05.